The number of likely N-dealkylation sites (N-methyl/N-ethyl adjacent to an activating group) is 1. The Morgan fingerprint density at radius 1 is 1.39 bits per heavy atom. The van der Waals surface area contributed by atoms with Gasteiger partial charge in [-0.05, 0) is 24.7 Å². The molecule has 0 N–H and O–H groups in total. The van der Waals surface area contributed by atoms with Gasteiger partial charge in [-0.25, -0.2) is 0 Å². The highest BCUT2D eigenvalue weighted by Crippen LogP contribution is 2.37. The molecule has 1 aliphatic heterocycles. The Morgan fingerprint density at radius 2 is 2.11 bits per heavy atom. The van der Waals surface area contributed by atoms with Crippen LogP contribution in [0.4, 0.5) is 0 Å². The number of halogens is 2. The summed E-state index contributed by atoms with van der Waals surface area (Å²) >= 11 is 12.1. The summed E-state index contributed by atoms with van der Waals surface area (Å²) in [5.41, 5.74) is 0.959. The van der Waals surface area contributed by atoms with Gasteiger partial charge in [-0.3, -0.25) is 4.79 Å². The van der Waals surface area contributed by atoms with Crippen LogP contribution in [0.1, 0.15) is 11.5 Å². The highest BCUT2D eigenvalue weighted by molar-refractivity contribution is 6.35. The molecule has 2 atom stereocenters. The number of likely N-dealkylation sites (tertiary alicyclic amines) is 1. The number of carbonyl (C=O) groups excluding carboxylic acids is 1. The number of esters is 1. The molecule has 0 saturated carbocycles. The van der Waals surface area contributed by atoms with Crippen molar-refractivity contribution in [2.75, 3.05) is 27.2 Å². The molecule has 18 heavy (non-hydrogen) atoms. The maximum atomic E-state index is 11.8. The summed E-state index contributed by atoms with van der Waals surface area (Å²) in [6.07, 6.45) is 0. The van der Waals surface area contributed by atoms with Crippen LogP contribution in [0.25, 0.3) is 0 Å². The molecule has 1 fully saturated rings. The molecule has 0 radical (unpaired) electrons. The summed E-state index contributed by atoms with van der Waals surface area (Å²) in [7, 11) is 3.40. The second-order valence-electron chi connectivity index (χ2n) is 4.62. The van der Waals surface area contributed by atoms with Crippen LogP contribution in [0.3, 0.4) is 0 Å². The van der Waals surface area contributed by atoms with Crippen molar-refractivity contribution in [3.05, 3.63) is 33.8 Å². The second kappa shape index (κ2) is 5.47. The summed E-state index contributed by atoms with van der Waals surface area (Å²) in [4.78, 5) is 13.9. The van der Waals surface area contributed by atoms with Crippen molar-refractivity contribution in [2.24, 2.45) is 5.92 Å². The maximum Gasteiger partial charge on any atom is 0.310 e. The van der Waals surface area contributed by atoms with Gasteiger partial charge in [0.1, 0.15) is 0 Å². The van der Waals surface area contributed by atoms with Crippen LogP contribution in [0.15, 0.2) is 18.2 Å². The van der Waals surface area contributed by atoms with Crippen LogP contribution in [0, 0.1) is 5.92 Å². The van der Waals surface area contributed by atoms with Gasteiger partial charge in [0.15, 0.2) is 0 Å². The van der Waals surface area contributed by atoms with Crippen LogP contribution in [0.5, 0.6) is 0 Å². The number of ether oxygens (including phenoxy) is 1. The van der Waals surface area contributed by atoms with Crippen LogP contribution in [-0.2, 0) is 9.53 Å². The molecule has 1 aromatic rings. The van der Waals surface area contributed by atoms with E-state index in [1.165, 1.54) is 7.11 Å². The van der Waals surface area contributed by atoms with E-state index in [2.05, 4.69) is 4.90 Å². The molecule has 1 aliphatic rings. The highest BCUT2D eigenvalue weighted by Gasteiger charge is 2.38. The third kappa shape index (κ3) is 2.63. The SMILES string of the molecule is COC(=O)C1CN(C)CC1c1ccc(Cl)cc1Cl. The summed E-state index contributed by atoms with van der Waals surface area (Å²) in [6, 6.07) is 5.41. The molecular weight excluding hydrogens is 273 g/mol. The van der Waals surface area contributed by atoms with Crippen molar-refractivity contribution in [3.8, 4) is 0 Å². The number of carbonyl (C=O) groups is 1. The van der Waals surface area contributed by atoms with Crippen molar-refractivity contribution in [1.82, 2.24) is 4.90 Å². The Labute approximate surface area is 117 Å². The molecule has 0 spiro atoms. The second-order valence-corrected chi connectivity index (χ2v) is 5.47. The lowest BCUT2D eigenvalue weighted by Gasteiger charge is -2.18. The van der Waals surface area contributed by atoms with Gasteiger partial charge in [0, 0.05) is 29.1 Å². The van der Waals surface area contributed by atoms with Crippen LogP contribution in [0.2, 0.25) is 10.0 Å². The van der Waals surface area contributed by atoms with E-state index in [-0.39, 0.29) is 17.8 Å². The molecule has 1 saturated heterocycles. The van der Waals surface area contributed by atoms with E-state index in [4.69, 9.17) is 27.9 Å². The van der Waals surface area contributed by atoms with E-state index < -0.39 is 0 Å². The lowest BCUT2D eigenvalue weighted by atomic mass is 9.89. The number of methoxy groups -OCH3 is 1. The van der Waals surface area contributed by atoms with E-state index in [1.54, 1.807) is 12.1 Å². The molecule has 2 rings (SSSR count). The quantitative estimate of drug-likeness (QED) is 0.784. The smallest absolute Gasteiger partial charge is 0.310 e. The summed E-state index contributed by atoms with van der Waals surface area (Å²) < 4.78 is 4.86. The fraction of sp³-hybridized carbons (Fsp3) is 0.462. The molecule has 1 aromatic carbocycles. The Bertz CT molecular complexity index is 464. The number of benzene rings is 1. The first-order chi connectivity index (χ1) is 8.52. The van der Waals surface area contributed by atoms with E-state index >= 15 is 0 Å². The van der Waals surface area contributed by atoms with Gasteiger partial charge in [0.25, 0.3) is 0 Å². The first-order valence-corrected chi connectivity index (χ1v) is 6.50. The summed E-state index contributed by atoms with van der Waals surface area (Å²) in [5, 5.41) is 1.21. The first kappa shape index (κ1) is 13.7. The maximum absolute atomic E-state index is 11.8. The predicted molar refractivity (Wildman–Crippen MR) is 72.2 cm³/mol. The standard InChI is InChI=1S/C13H15Cl2NO2/c1-16-6-10(11(7-16)13(17)18-2)9-4-3-8(14)5-12(9)15/h3-5,10-11H,6-7H2,1-2H3. The van der Waals surface area contributed by atoms with Crippen molar-refractivity contribution < 1.29 is 9.53 Å². The van der Waals surface area contributed by atoms with Gasteiger partial charge in [0.2, 0.25) is 0 Å². The minimum Gasteiger partial charge on any atom is -0.469 e. The van der Waals surface area contributed by atoms with Crippen molar-refractivity contribution in [1.29, 1.82) is 0 Å². The van der Waals surface area contributed by atoms with E-state index in [9.17, 15) is 4.79 Å². The van der Waals surface area contributed by atoms with Crippen molar-refractivity contribution >= 4 is 29.2 Å². The van der Waals surface area contributed by atoms with Gasteiger partial charge in [-0.15, -0.1) is 0 Å². The molecular formula is C13H15Cl2NO2. The first-order valence-electron chi connectivity index (χ1n) is 5.74. The highest BCUT2D eigenvalue weighted by atomic mass is 35.5. The van der Waals surface area contributed by atoms with Gasteiger partial charge in [-0.2, -0.15) is 0 Å². The van der Waals surface area contributed by atoms with Crippen molar-refractivity contribution in [2.45, 2.75) is 5.92 Å². The van der Waals surface area contributed by atoms with E-state index in [1.807, 2.05) is 13.1 Å². The molecule has 0 bridgehead atoms. The Hall–Kier alpha value is -0.770. The van der Waals surface area contributed by atoms with Gasteiger partial charge in [-0.1, -0.05) is 29.3 Å². The normalized spacial score (nSPS) is 24.2. The minimum absolute atomic E-state index is 0.0622. The van der Waals surface area contributed by atoms with Gasteiger partial charge < -0.3 is 9.64 Å². The molecule has 1 heterocycles. The summed E-state index contributed by atoms with van der Waals surface area (Å²) in [5.74, 6) is -0.291. The average Bonchev–Trinajstić information content (AvgIpc) is 2.70. The third-order valence-corrected chi connectivity index (χ3v) is 3.93. The molecule has 98 valence electrons. The number of hydrogen-bond donors (Lipinski definition) is 0. The van der Waals surface area contributed by atoms with Gasteiger partial charge in [0.05, 0.1) is 13.0 Å². The van der Waals surface area contributed by atoms with Gasteiger partial charge >= 0.3 is 5.97 Å². The Kier molecular flexibility index (Phi) is 4.15. The fourth-order valence-corrected chi connectivity index (χ4v) is 3.06. The molecule has 0 amide bonds. The number of rotatable bonds is 2. The zero-order valence-electron chi connectivity index (χ0n) is 10.3. The number of hydrogen-bond acceptors (Lipinski definition) is 3. The number of nitrogens with zero attached hydrogens (tertiary/aromatic N) is 1. The van der Waals surface area contributed by atoms with Crippen LogP contribution in [-0.4, -0.2) is 38.1 Å². The Balaban J connectivity index is 2.32. The fourth-order valence-electron chi connectivity index (χ4n) is 2.51. The molecule has 3 nitrogen and oxygen atoms in total. The summed E-state index contributed by atoms with van der Waals surface area (Å²) in [6.45, 7) is 1.48. The molecule has 0 aromatic heterocycles. The minimum atomic E-state index is -0.185. The zero-order chi connectivity index (χ0) is 13.3. The molecule has 2 unspecified atom stereocenters. The third-order valence-electron chi connectivity index (χ3n) is 3.37. The largest absolute Gasteiger partial charge is 0.469 e. The van der Waals surface area contributed by atoms with E-state index in [0.29, 0.717) is 16.6 Å². The van der Waals surface area contributed by atoms with Crippen LogP contribution >= 0.6 is 23.2 Å². The Morgan fingerprint density at radius 3 is 2.72 bits per heavy atom. The van der Waals surface area contributed by atoms with E-state index in [0.717, 1.165) is 12.1 Å². The zero-order valence-corrected chi connectivity index (χ0v) is 11.8. The van der Waals surface area contributed by atoms with Crippen LogP contribution < -0.4 is 0 Å². The lowest BCUT2D eigenvalue weighted by molar-refractivity contribution is -0.145. The molecule has 0 aliphatic carbocycles. The predicted octanol–water partition coefficient (Wildman–Crippen LogP) is 2.81. The van der Waals surface area contributed by atoms with Crippen molar-refractivity contribution in [3.63, 3.8) is 0 Å². The average molecular weight is 288 g/mol. The topological polar surface area (TPSA) is 29.5 Å². The monoisotopic (exact) mass is 287 g/mol. The lowest BCUT2D eigenvalue weighted by Crippen LogP contribution is -2.23. The molecule has 5 heteroatoms.